The van der Waals surface area contributed by atoms with Gasteiger partial charge in [0.2, 0.25) is 11.8 Å². The SMILES string of the molecule is CCOC(=O)N1CCC(NC(=O)CC(=O)NCCCOC)CC1. The third kappa shape index (κ3) is 7.83. The first-order valence-electron chi connectivity index (χ1n) is 8.03. The molecule has 1 fully saturated rings. The lowest BCUT2D eigenvalue weighted by Gasteiger charge is -2.31. The van der Waals surface area contributed by atoms with E-state index in [0.717, 1.165) is 6.42 Å². The Hall–Kier alpha value is -1.83. The fourth-order valence-electron chi connectivity index (χ4n) is 2.35. The number of nitrogens with zero attached hydrogens (tertiary/aromatic N) is 1. The van der Waals surface area contributed by atoms with Gasteiger partial charge in [0.1, 0.15) is 6.42 Å². The summed E-state index contributed by atoms with van der Waals surface area (Å²) in [6.45, 7) is 4.30. The Morgan fingerprint density at radius 3 is 2.48 bits per heavy atom. The number of carbonyl (C=O) groups is 3. The summed E-state index contributed by atoms with van der Waals surface area (Å²) in [7, 11) is 1.60. The van der Waals surface area contributed by atoms with E-state index in [4.69, 9.17) is 9.47 Å². The molecule has 1 aliphatic heterocycles. The average molecular weight is 329 g/mol. The maximum atomic E-state index is 11.8. The molecule has 8 heteroatoms. The van der Waals surface area contributed by atoms with E-state index >= 15 is 0 Å². The van der Waals surface area contributed by atoms with Gasteiger partial charge in [0.15, 0.2) is 0 Å². The molecule has 0 atom stereocenters. The number of likely N-dealkylation sites (tertiary alicyclic amines) is 1. The minimum absolute atomic E-state index is 0.00512. The topological polar surface area (TPSA) is 97.0 Å². The first kappa shape index (κ1) is 19.2. The number of hydrogen-bond donors (Lipinski definition) is 2. The molecule has 3 amide bonds. The van der Waals surface area contributed by atoms with Gasteiger partial charge in [-0.2, -0.15) is 0 Å². The van der Waals surface area contributed by atoms with Crippen LogP contribution in [0.3, 0.4) is 0 Å². The van der Waals surface area contributed by atoms with Crippen LogP contribution in [-0.2, 0) is 19.1 Å². The van der Waals surface area contributed by atoms with E-state index < -0.39 is 0 Å². The van der Waals surface area contributed by atoms with Gasteiger partial charge in [-0.3, -0.25) is 9.59 Å². The summed E-state index contributed by atoms with van der Waals surface area (Å²) in [4.78, 5) is 36.6. The van der Waals surface area contributed by atoms with E-state index in [-0.39, 0.29) is 30.4 Å². The van der Waals surface area contributed by atoms with Gasteiger partial charge < -0.3 is 25.0 Å². The van der Waals surface area contributed by atoms with Crippen LogP contribution in [0, 0.1) is 0 Å². The van der Waals surface area contributed by atoms with Crippen LogP contribution in [0.4, 0.5) is 4.79 Å². The molecule has 0 aromatic heterocycles. The number of amides is 3. The van der Waals surface area contributed by atoms with Crippen LogP contribution in [0.2, 0.25) is 0 Å². The van der Waals surface area contributed by atoms with Gasteiger partial charge in [0.05, 0.1) is 6.61 Å². The summed E-state index contributed by atoms with van der Waals surface area (Å²) in [6.07, 6.45) is 1.56. The molecule has 132 valence electrons. The van der Waals surface area contributed by atoms with Crippen molar-refractivity contribution in [3.05, 3.63) is 0 Å². The molecule has 0 unspecified atom stereocenters. The molecule has 0 radical (unpaired) electrons. The van der Waals surface area contributed by atoms with Gasteiger partial charge in [-0.25, -0.2) is 4.79 Å². The highest BCUT2D eigenvalue weighted by molar-refractivity contribution is 5.96. The van der Waals surface area contributed by atoms with Crippen LogP contribution < -0.4 is 10.6 Å². The number of methoxy groups -OCH3 is 1. The monoisotopic (exact) mass is 329 g/mol. The van der Waals surface area contributed by atoms with Crippen molar-refractivity contribution in [2.45, 2.75) is 38.6 Å². The Bertz CT molecular complexity index is 395. The standard InChI is InChI=1S/C15H27N3O5/c1-3-23-15(21)18-8-5-12(6-9-18)17-14(20)11-13(19)16-7-4-10-22-2/h12H,3-11H2,1-2H3,(H,16,19)(H,17,20). The van der Waals surface area contributed by atoms with Gasteiger partial charge in [-0.15, -0.1) is 0 Å². The second kappa shape index (κ2) is 10.8. The molecule has 0 aromatic rings. The van der Waals surface area contributed by atoms with Gasteiger partial charge >= 0.3 is 6.09 Å². The van der Waals surface area contributed by atoms with Crippen molar-refractivity contribution in [2.24, 2.45) is 0 Å². The minimum atomic E-state index is -0.312. The number of nitrogens with one attached hydrogen (secondary N) is 2. The first-order chi connectivity index (χ1) is 11.1. The number of carbonyl (C=O) groups excluding carboxylic acids is 3. The van der Waals surface area contributed by atoms with Crippen LogP contribution in [0.15, 0.2) is 0 Å². The van der Waals surface area contributed by atoms with Crippen LogP contribution in [0.25, 0.3) is 0 Å². The lowest BCUT2D eigenvalue weighted by Crippen LogP contribution is -2.47. The Labute approximate surface area is 136 Å². The fraction of sp³-hybridized carbons (Fsp3) is 0.800. The molecule has 0 aliphatic carbocycles. The zero-order chi connectivity index (χ0) is 17.1. The van der Waals surface area contributed by atoms with Gasteiger partial charge in [0, 0.05) is 39.4 Å². The quantitative estimate of drug-likeness (QED) is 0.492. The zero-order valence-electron chi connectivity index (χ0n) is 13.9. The maximum Gasteiger partial charge on any atom is 0.409 e. The Kier molecular flexibility index (Phi) is 9.04. The molecule has 8 nitrogen and oxygen atoms in total. The predicted molar refractivity (Wildman–Crippen MR) is 83.9 cm³/mol. The summed E-state index contributed by atoms with van der Waals surface area (Å²) in [6, 6.07) is -0.00512. The molecule has 2 N–H and O–H groups in total. The smallest absolute Gasteiger partial charge is 0.409 e. The molecular formula is C15H27N3O5. The summed E-state index contributed by atoms with van der Waals surface area (Å²) in [5, 5.41) is 5.51. The molecule has 0 bridgehead atoms. The van der Waals surface area contributed by atoms with Crippen molar-refractivity contribution >= 4 is 17.9 Å². The number of hydrogen-bond acceptors (Lipinski definition) is 5. The average Bonchev–Trinajstić information content (AvgIpc) is 2.52. The summed E-state index contributed by atoms with van der Waals surface area (Å²) < 4.78 is 9.82. The van der Waals surface area contributed by atoms with Crippen molar-refractivity contribution in [1.29, 1.82) is 0 Å². The Balaban J connectivity index is 2.18. The molecule has 1 saturated heterocycles. The zero-order valence-corrected chi connectivity index (χ0v) is 13.9. The van der Waals surface area contributed by atoms with Crippen LogP contribution in [0.1, 0.15) is 32.6 Å². The second-order valence-electron chi connectivity index (χ2n) is 5.40. The molecular weight excluding hydrogens is 302 g/mol. The van der Waals surface area contributed by atoms with Crippen LogP contribution in [0.5, 0.6) is 0 Å². The van der Waals surface area contributed by atoms with Crippen molar-refractivity contribution in [3.63, 3.8) is 0 Å². The van der Waals surface area contributed by atoms with E-state index in [0.29, 0.717) is 45.7 Å². The third-order valence-corrected chi connectivity index (χ3v) is 3.55. The molecule has 23 heavy (non-hydrogen) atoms. The van der Waals surface area contributed by atoms with Crippen molar-refractivity contribution in [3.8, 4) is 0 Å². The van der Waals surface area contributed by atoms with E-state index in [2.05, 4.69) is 10.6 Å². The first-order valence-corrected chi connectivity index (χ1v) is 8.03. The third-order valence-electron chi connectivity index (χ3n) is 3.55. The van der Waals surface area contributed by atoms with E-state index in [9.17, 15) is 14.4 Å². The molecule has 1 heterocycles. The highest BCUT2D eigenvalue weighted by atomic mass is 16.6. The lowest BCUT2D eigenvalue weighted by atomic mass is 10.1. The molecule has 0 aromatic carbocycles. The number of rotatable bonds is 8. The number of ether oxygens (including phenoxy) is 2. The van der Waals surface area contributed by atoms with E-state index in [1.165, 1.54) is 0 Å². The van der Waals surface area contributed by atoms with Crippen molar-refractivity contribution in [2.75, 3.05) is 40.0 Å². The Morgan fingerprint density at radius 1 is 1.17 bits per heavy atom. The summed E-state index contributed by atoms with van der Waals surface area (Å²) >= 11 is 0. The predicted octanol–water partition coefficient (Wildman–Crippen LogP) is 0.266. The summed E-state index contributed by atoms with van der Waals surface area (Å²) in [5.41, 5.74) is 0. The van der Waals surface area contributed by atoms with Crippen LogP contribution >= 0.6 is 0 Å². The van der Waals surface area contributed by atoms with E-state index in [1.807, 2.05) is 0 Å². The Morgan fingerprint density at radius 2 is 1.87 bits per heavy atom. The largest absolute Gasteiger partial charge is 0.450 e. The molecule has 0 spiro atoms. The highest BCUT2D eigenvalue weighted by Gasteiger charge is 2.24. The van der Waals surface area contributed by atoms with Gasteiger partial charge in [0.25, 0.3) is 0 Å². The lowest BCUT2D eigenvalue weighted by molar-refractivity contribution is -0.129. The van der Waals surface area contributed by atoms with Gasteiger partial charge in [-0.05, 0) is 26.2 Å². The van der Waals surface area contributed by atoms with Crippen LogP contribution in [-0.4, -0.2) is 68.8 Å². The highest BCUT2D eigenvalue weighted by Crippen LogP contribution is 2.11. The fourth-order valence-corrected chi connectivity index (χ4v) is 2.35. The second-order valence-corrected chi connectivity index (χ2v) is 5.40. The molecule has 1 aliphatic rings. The number of piperidine rings is 1. The van der Waals surface area contributed by atoms with Crippen molar-refractivity contribution < 1.29 is 23.9 Å². The van der Waals surface area contributed by atoms with Crippen molar-refractivity contribution in [1.82, 2.24) is 15.5 Å². The van der Waals surface area contributed by atoms with Gasteiger partial charge in [-0.1, -0.05) is 0 Å². The van der Waals surface area contributed by atoms with E-state index in [1.54, 1.807) is 18.9 Å². The normalized spacial score (nSPS) is 15.1. The summed E-state index contributed by atoms with van der Waals surface area (Å²) in [5.74, 6) is -0.577. The molecule has 1 rings (SSSR count). The minimum Gasteiger partial charge on any atom is -0.450 e. The maximum absolute atomic E-state index is 11.8. The molecule has 0 saturated carbocycles.